The second-order valence-corrected chi connectivity index (χ2v) is 4.25. The average Bonchev–Trinajstić information content (AvgIpc) is 2.46. The Labute approximate surface area is 117 Å². The largest absolute Gasteiger partial charge is 0.384 e. The smallest absolute Gasteiger partial charge is 0.319 e. The number of benzene rings is 2. The van der Waals surface area contributed by atoms with Crippen LogP contribution in [0.4, 0.5) is 10.5 Å². The molecule has 0 bridgehead atoms. The summed E-state index contributed by atoms with van der Waals surface area (Å²) in [7, 11) is 0. The molecule has 0 aliphatic carbocycles. The molecule has 5 N–H and O–H groups in total. The number of hydrogen-bond donors (Lipinski definition) is 4. The van der Waals surface area contributed by atoms with Crippen LogP contribution in [-0.2, 0) is 6.54 Å². The summed E-state index contributed by atoms with van der Waals surface area (Å²) >= 11 is 0. The number of urea groups is 1. The van der Waals surface area contributed by atoms with Gasteiger partial charge in [0.25, 0.3) is 0 Å². The Morgan fingerprint density at radius 2 is 1.70 bits per heavy atom. The van der Waals surface area contributed by atoms with E-state index in [1.807, 2.05) is 30.3 Å². The minimum absolute atomic E-state index is 0.0797. The summed E-state index contributed by atoms with van der Waals surface area (Å²) in [5, 5.41) is 12.9. The Bertz CT molecular complexity index is 610. The number of nitrogen functional groups attached to an aromatic ring is 1. The van der Waals surface area contributed by atoms with Gasteiger partial charge in [-0.05, 0) is 17.7 Å². The van der Waals surface area contributed by atoms with Gasteiger partial charge in [-0.15, -0.1) is 0 Å². The zero-order valence-electron chi connectivity index (χ0n) is 10.9. The summed E-state index contributed by atoms with van der Waals surface area (Å²) in [6, 6.07) is 16.2. The third-order valence-corrected chi connectivity index (χ3v) is 2.76. The van der Waals surface area contributed by atoms with Gasteiger partial charge in [0.2, 0.25) is 0 Å². The van der Waals surface area contributed by atoms with Gasteiger partial charge in [0.15, 0.2) is 0 Å². The molecule has 20 heavy (non-hydrogen) atoms. The van der Waals surface area contributed by atoms with Crippen molar-refractivity contribution in [3.8, 4) is 0 Å². The topological polar surface area (TPSA) is 91.0 Å². The molecule has 2 amide bonds. The zero-order chi connectivity index (χ0) is 14.4. The normalized spacial score (nSPS) is 9.80. The Morgan fingerprint density at radius 3 is 2.40 bits per heavy atom. The number of para-hydroxylation sites is 1. The monoisotopic (exact) mass is 268 g/mol. The second-order valence-electron chi connectivity index (χ2n) is 4.25. The number of nitrogens with one attached hydrogen (secondary N) is 3. The molecule has 102 valence electrons. The summed E-state index contributed by atoms with van der Waals surface area (Å²) < 4.78 is 0. The summed E-state index contributed by atoms with van der Waals surface area (Å²) in [6.45, 7) is 0.439. The highest BCUT2D eigenvalue weighted by Crippen LogP contribution is 2.13. The fraction of sp³-hybridized carbons (Fsp3) is 0.0667. The van der Waals surface area contributed by atoms with E-state index < -0.39 is 0 Å². The molecule has 0 fully saturated rings. The molecule has 2 aromatic rings. The summed E-state index contributed by atoms with van der Waals surface area (Å²) in [5.74, 6) is -0.0797. The highest BCUT2D eigenvalue weighted by atomic mass is 16.2. The predicted molar refractivity (Wildman–Crippen MR) is 79.8 cm³/mol. The van der Waals surface area contributed by atoms with Crippen molar-refractivity contribution in [2.45, 2.75) is 6.54 Å². The number of amidine groups is 1. The molecule has 0 unspecified atom stereocenters. The van der Waals surface area contributed by atoms with Crippen LogP contribution in [0.3, 0.4) is 0 Å². The molecule has 0 saturated carbocycles. The maximum Gasteiger partial charge on any atom is 0.319 e. The van der Waals surface area contributed by atoms with Crippen LogP contribution in [-0.4, -0.2) is 11.9 Å². The number of carbonyl (C=O) groups excluding carboxylic acids is 1. The van der Waals surface area contributed by atoms with Crippen molar-refractivity contribution in [1.82, 2.24) is 5.32 Å². The van der Waals surface area contributed by atoms with Gasteiger partial charge in [-0.25, -0.2) is 4.79 Å². The highest BCUT2D eigenvalue weighted by molar-refractivity contribution is 6.03. The van der Waals surface area contributed by atoms with Gasteiger partial charge >= 0.3 is 6.03 Å². The maximum absolute atomic E-state index is 11.8. The molecule has 0 radical (unpaired) electrons. The standard InChI is InChI=1S/C15H16N4O/c16-14(17)12-8-4-5-9-13(12)19-15(20)18-10-11-6-2-1-3-7-11/h1-9H,10H2,(H3,16,17)(H2,18,19,20). The Balaban J connectivity index is 1.97. The molecule has 2 rings (SSSR count). The van der Waals surface area contributed by atoms with Gasteiger partial charge in [-0.2, -0.15) is 0 Å². The van der Waals surface area contributed by atoms with E-state index in [0.29, 0.717) is 17.8 Å². The first-order valence-electron chi connectivity index (χ1n) is 6.19. The fourth-order valence-electron chi connectivity index (χ4n) is 1.77. The van der Waals surface area contributed by atoms with Crippen molar-refractivity contribution < 1.29 is 4.79 Å². The van der Waals surface area contributed by atoms with Crippen LogP contribution in [0.15, 0.2) is 54.6 Å². The Kier molecular flexibility index (Phi) is 4.34. The molecule has 0 spiro atoms. The maximum atomic E-state index is 11.8. The average molecular weight is 268 g/mol. The molecule has 0 atom stereocenters. The van der Waals surface area contributed by atoms with E-state index in [-0.39, 0.29) is 11.9 Å². The number of rotatable bonds is 4. The molecule has 0 aliphatic rings. The highest BCUT2D eigenvalue weighted by Gasteiger charge is 2.07. The van der Waals surface area contributed by atoms with Crippen molar-refractivity contribution in [2.75, 3.05) is 5.32 Å². The molecule has 0 heterocycles. The van der Waals surface area contributed by atoms with E-state index >= 15 is 0 Å². The van der Waals surface area contributed by atoms with Crippen LogP contribution in [0.1, 0.15) is 11.1 Å². The summed E-state index contributed by atoms with van der Waals surface area (Å²) in [6.07, 6.45) is 0. The van der Waals surface area contributed by atoms with Crippen LogP contribution in [0.2, 0.25) is 0 Å². The van der Waals surface area contributed by atoms with Crippen molar-refractivity contribution in [2.24, 2.45) is 5.73 Å². The molecule has 5 heteroatoms. The SMILES string of the molecule is N=C(N)c1ccccc1NC(=O)NCc1ccccc1. The molecule has 0 aromatic heterocycles. The minimum atomic E-state index is -0.331. The van der Waals surface area contributed by atoms with Gasteiger partial charge in [0.1, 0.15) is 5.84 Å². The summed E-state index contributed by atoms with van der Waals surface area (Å²) in [4.78, 5) is 11.8. The Hall–Kier alpha value is -2.82. The molecular weight excluding hydrogens is 252 g/mol. The van der Waals surface area contributed by atoms with Crippen LogP contribution < -0.4 is 16.4 Å². The molecule has 2 aromatic carbocycles. The first-order valence-corrected chi connectivity index (χ1v) is 6.19. The number of nitrogens with two attached hydrogens (primary N) is 1. The summed E-state index contributed by atoms with van der Waals surface area (Å²) in [5.41, 5.74) is 7.50. The van der Waals surface area contributed by atoms with E-state index in [0.717, 1.165) is 5.56 Å². The molecule has 0 aliphatic heterocycles. The number of amides is 2. The van der Waals surface area contributed by atoms with Crippen LogP contribution >= 0.6 is 0 Å². The van der Waals surface area contributed by atoms with Gasteiger partial charge < -0.3 is 16.4 Å². The van der Waals surface area contributed by atoms with Crippen LogP contribution in [0.25, 0.3) is 0 Å². The van der Waals surface area contributed by atoms with Gasteiger partial charge in [-0.3, -0.25) is 5.41 Å². The van der Waals surface area contributed by atoms with Crippen molar-refractivity contribution in [3.05, 3.63) is 65.7 Å². The predicted octanol–water partition coefficient (Wildman–Crippen LogP) is 2.29. The first kappa shape index (κ1) is 13.6. The van der Waals surface area contributed by atoms with E-state index in [1.165, 1.54) is 0 Å². The lowest BCUT2D eigenvalue weighted by Crippen LogP contribution is -2.29. The van der Waals surface area contributed by atoms with Crippen LogP contribution in [0.5, 0.6) is 0 Å². The lowest BCUT2D eigenvalue weighted by Gasteiger charge is -2.11. The fourth-order valence-corrected chi connectivity index (χ4v) is 1.77. The van der Waals surface area contributed by atoms with Gasteiger partial charge in [0, 0.05) is 12.1 Å². The zero-order valence-corrected chi connectivity index (χ0v) is 10.9. The van der Waals surface area contributed by atoms with E-state index in [1.54, 1.807) is 24.3 Å². The third kappa shape index (κ3) is 3.58. The van der Waals surface area contributed by atoms with Crippen molar-refractivity contribution in [1.29, 1.82) is 5.41 Å². The first-order chi connectivity index (χ1) is 9.66. The van der Waals surface area contributed by atoms with E-state index in [4.69, 9.17) is 11.1 Å². The lowest BCUT2D eigenvalue weighted by atomic mass is 10.1. The second kappa shape index (κ2) is 6.38. The minimum Gasteiger partial charge on any atom is -0.384 e. The lowest BCUT2D eigenvalue weighted by molar-refractivity contribution is 0.251. The van der Waals surface area contributed by atoms with Crippen molar-refractivity contribution >= 4 is 17.6 Å². The van der Waals surface area contributed by atoms with Gasteiger partial charge in [0.05, 0.1) is 5.69 Å². The Morgan fingerprint density at radius 1 is 1.05 bits per heavy atom. The quantitative estimate of drug-likeness (QED) is 0.506. The number of hydrogen-bond acceptors (Lipinski definition) is 2. The van der Waals surface area contributed by atoms with Gasteiger partial charge in [-0.1, -0.05) is 42.5 Å². The van der Waals surface area contributed by atoms with E-state index in [9.17, 15) is 4.79 Å². The van der Waals surface area contributed by atoms with Crippen LogP contribution in [0, 0.1) is 5.41 Å². The number of anilines is 1. The van der Waals surface area contributed by atoms with E-state index in [2.05, 4.69) is 10.6 Å². The number of carbonyl (C=O) groups is 1. The molecule has 0 saturated heterocycles. The molecular formula is C15H16N4O. The third-order valence-electron chi connectivity index (χ3n) is 2.76. The molecule has 5 nitrogen and oxygen atoms in total. The van der Waals surface area contributed by atoms with Crippen molar-refractivity contribution in [3.63, 3.8) is 0 Å².